The zero-order chi connectivity index (χ0) is 18.9. The third kappa shape index (κ3) is 3.85. The van der Waals surface area contributed by atoms with Gasteiger partial charge < -0.3 is 5.73 Å². The van der Waals surface area contributed by atoms with Crippen LogP contribution in [0, 0.1) is 5.82 Å². The number of amidine groups is 1. The number of aliphatic imine (C=N–C) groups is 1. The quantitative estimate of drug-likeness (QED) is 0.794. The van der Waals surface area contributed by atoms with Gasteiger partial charge in [0.05, 0.1) is 16.8 Å². The van der Waals surface area contributed by atoms with Crippen molar-refractivity contribution in [2.45, 2.75) is 31.5 Å². The number of pyridine rings is 1. The van der Waals surface area contributed by atoms with Crippen molar-refractivity contribution in [1.82, 2.24) is 4.98 Å². The predicted molar refractivity (Wildman–Crippen MR) is 94.5 cm³/mol. The molecule has 3 rings (SSSR count). The van der Waals surface area contributed by atoms with E-state index in [0.29, 0.717) is 28.5 Å². The highest BCUT2D eigenvalue weighted by molar-refractivity contribution is 8.13. The van der Waals surface area contributed by atoms with Gasteiger partial charge in [-0.1, -0.05) is 23.9 Å². The Morgan fingerprint density at radius 2 is 2.04 bits per heavy atom. The fourth-order valence-corrected chi connectivity index (χ4v) is 3.98. The van der Waals surface area contributed by atoms with Gasteiger partial charge in [-0.25, -0.2) is 4.39 Å². The predicted octanol–water partition coefficient (Wildman–Crippen LogP) is 4.50. The Morgan fingerprint density at radius 1 is 1.27 bits per heavy atom. The first-order chi connectivity index (χ1) is 12.2. The summed E-state index contributed by atoms with van der Waals surface area (Å²) in [6, 6.07) is 6.55. The van der Waals surface area contributed by atoms with Crippen molar-refractivity contribution in [3.05, 3.63) is 64.7 Å². The first-order valence-corrected chi connectivity index (χ1v) is 8.96. The van der Waals surface area contributed by atoms with Crippen LogP contribution in [-0.4, -0.2) is 15.9 Å². The molecule has 0 spiro atoms. The van der Waals surface area contributed by atoms with Crippen molar-refractivity contribution >= 4 is 16.9 Å². The third-order valence-electron chi connectivity index (χ3n) is 4.37. The molecular formula is C18H17F4N3S. The molecule has 3 nitrogen and oxygen atoms in total. The maximum absolute atomic E-state index is 14.4. The molecule has 1 aromatic carbocycles. The van der Waals surface area contributed by atoms with Crippen LogP contribution in [0.2, 0.25) is 0 Å². The Labute approximate surface area is 152 Å². The summed E-state index contributed by atoms with van der Waals surface area (Å²) in [6.07, 6.45) is -2.62. The highest BCUT2D eigenvalue weighted by atomic mass is 32.2. The van der Waals surface area contributed by atoms with E-state index in [1.807, 2.05) is 0 Å². The average Bonchev–Trinajstić information content (AvgIpc) is 2.56. The van der Waals surface area contributed by atoms with Gasteiger partial charge in [0.2, 0.25) is 0 Å². The van der Waals surface area contributed by atoms with E-state index < -0.39 is 23.1 Å². The number of thioether (sulfide) groups is 1. The van der Waals surface area contributed by atoms with Gasteiger partial charge in [-0.3, -0.25) is 9.98 Å². The molecule has 2 heterocycles. The molecule has 0 fully saturated rings. The highest BCUT2D eigenvalue weighted by Crippen LogP contribution is 2.37. The molecule has 2 N–H and O–H groups in total. The normalized spacial score (nSPS) is 20.7. The Balaban J connectivity index is 1.99. The minimum absolute atomic E-state index is 0.0486. The van der Waals surface area contributed by atoms with Crippen LogP contribution in [0.5, 0.6) is 0 Å². The number of halogens is 4. The van der Waals surface area contributed by atoms with E-state index in [1.54, 1.807) is 13.0 Å². The first kappa shape index (κ1) is 18.7. The van der Waals surface area contributed by atoms with E-state index >= 15 is 0 Å². The number of benzene rings is 1. The van der Waals surface area contributed by atoms with Crippen molar-refractivity contribution in [2.24, 2.45) is 10.7 Å². The maximum Gasteiger partial charge on any atom is 0.418 e. The molecule has 2 aromatic rings. The number of rotatable bonds is 3. The third-order valence-corrected chi connectivity index (χ3v) is 5.17. The van der Waals surface area contributed by atoms with Gasteiger partial charge >= 0.3 is 6.18 Å². The lowest BCUT2D eigenvalue weighted by molar-refractivity contribution is -0.138. The molecule has 26 heavy (non-hydrogen) atoms. The molecule has 0 saturated carbocycles. The summed E-state index contributed by atoms with van der Waals surface area (Å²) in [5.74, 6) is 0.255. The molecule has 0 bridgehead atoms. The van der Waals surface area contributed by atoms with Gasteiger partial charge in [-0.15, -0.1) is 0 Å². The lowest BCUT2D eigenvalue weighted by Crippen LogP contribution is -2.29. The SMILES string of the molecule is C[C@@]1(c2cc(Cc3ncccc3C(F)(F)F)ccc2F)CCSC(N)=N1. The zero-order valence-electron chi connectivity index (χ0n) is 14.0. The van der Waals surface area contributed by atoms with E-state index in [2.05, 4.69) is 9.98 Å². The summed E-state index contributed by atoms with van der Waals surface area (Å²) >= 11 is 1.40. The van der Waals surface area contributed by atoms with Crippen LogP contribution in [0.3, 0.4) is 0 Å². The van der Waals surface area contributed by atoms with Crippen LogP contribution in [0.4, 0.5) is 17.6 Å². The molecule has 0 unspecified atom stereocenters. The summed E-state index contributed by atoms with van der Waals surface area (Å²) in [4.78, 5) is 8.24. The topological polar surface area (TPSA) is 51.3 Å². The highest BCUT2D eigenvalue weighted by Gasteiger charge is 2.35. The molecule has 1 atom stereocenters. The number of aromatic nitrogens is 1. The summed E-state index contributed by atoms with van der Waals surface area (Å²) in [5.41, 5.74) is 4.96. The minimum atomic E-state index is -4.49. The smallest absolute Gasteiger partial charge is 0.379 e. The van der Waals surface area contributed by atoms with Crippen molar-refractivity contribution in [3.63, 3.8) is 0 Å². The van der Waals surface area contributed by atoms with Crippen LogP contribution in [0.1, 0.15) is 35.7 Å². The molecule has 138 valence electrons. The second kappa shape index (κ2) is 6.90. The second-order valence-corrected chi connectivity index (χ2v) is 7.42. The van der Waals surface area contributed by atoms with Crippen molar-refractivity contribution in [3.8, 4) is 0 Å². The summed E-state index contributed by atoms with van der Waals surface area (Å²) < 4.78 is 53.9. The van der Waals surface area contributed by atoms with Gasteiger partial charge in [0.1, 0.15) is 5.82 Å². The Kier molecular flexibility index (Phi) is 4.96. The Morgan fingerprint density at radius 3 is 2.73 bits per heavy atom. The summed E-state index contributed by atoms with van der Waals surface area (Å²) in [5, 5.41) is 0.382. The Bertz CT molecular complexity index is 851. The monoisotopic (exact) mass is 383 g/mol. The van der Waals surface area contributed by atoms with Crippen LogP contribution in [-0.2, 0) is 18.1 Å². The van der Waals surface area contributed by atoms with E-state index in [4.69, 9.17) is 5.73 Å². The van der Waals surface area contributed by atoms with Crippen molar-refractivity contribution in [2.75, 3.05) is 5.75 Å². The second-order valence-electron chi connectivity index (χ2n) is 6.31. The van der Waals surface area contributed by atoms with Gasteiger partial charge in [0, 0.05) is 23.9 Å². The van der Waals surface area contributed by atoms with Gasteiger partial charge in [0.25, 0.3) is 0 Å². The molecule has 0 radical (unpaired) electrons. The minimum Gasteiger partial charge on any atom is -0.379 e. The largest absolute Gasteiger partial charge is 0.418 e. The molecule has 1 aromatic heterocycles. The lowest BCUT2D eigenvalue weighted by atomic mass is 9.87. The van der Waals surface area contributed by atoms with Gasteiger partial charge in [0.15, 0.2) is 5.17 Å². The number of alkyl halides is 3. The average molecular weight is 383 g/mol. The standard InChI is InChI=1S/C18H17F4N3S/c1-17(6-8-26-16(23)25-17)13-9-11(4-5-14(13)19)10-15-12(18(20,21)22)3-2-7-24-15/h2-5,7,9H,6,8,10H2,1H3,(H2,23,25)/t17-/m0/s1. The maximum atomic E-state index is 14.4. The Hall–Kier alpha value is -2.09. The zero-order valence-corrected chi connectivity index (χ0v) is 14.8. The number of hydrogen-bond donors (Lipinski definition) is 1. The molecule has 8 heteroatoms. The van der Waals surface area contributed by atoms with E-state index in [1.165, 1.54) is 36.2 Å². The summed E-state index contributed by atoms with van der Waals surface area (Å²) in [7, 11) is 0. The fourth-order valence-electron chi connectivity index (χ4n) is 3.01. The number of nitrogens with two attached hydrogens (primary N) is 1. The van der Waals surface area contributed by atoms with Crippen molar-refractivity contribution in [1.29, 1.82) is 0 Å². The van der Waals surface area contributed by atoms with Gasteiger partial charge in [-0.05, 0) is 37.1 Å². The molecular weight excluding hydrogens is 366 g/mol. The van der Waals surface area contributed by atoms with E-state index in [-0.39, 0.29) is 12.1 Å². The molecule has 1 aliphatic rings. The fraction of sp³-hybridized carbons (Fsp3) is 0.333. The van der Waals surface area contributed by atoms with E-state index in [0.717, 1.165) is 6.07 Å². The number of nitrogens with zero attached hydrogens (tertiary/aromatic N) is 2. The van der Waals surface area contributed by atoms with Gasteiger partial charge in [-0.2, -0.15) is 13.2 Å². The first-order valence-electron chi connectivity index (χ1n) is 7.97. The molecule has 0 saturated heterocycles. The molecule has 0 aliphatic carbocycles. The van der Waals surface area contributed by atoms with Crippen LogP contribution in [0.25, 0.3) is 0 Å². The molecule has 1 aliphatic heterocycles. The van der Waals surface area contributed by atoms with Crippen molar-refractivity contribution < 1.29 is 17.6 Å². The van der Waals surface area contributed by atoms with Crippen LogP contribution >= 0.6 is 11.8 Å². The number of hydrogen-bond acceptors (Lipinski definition) is 4. The van der Waals surface area contributed by atoms with E-state index in [9.17, 15) is 17.6 Å². The summed E-state index contributed by atoms with van der Waals surface area (Å²) in [6.45, 7) is 1.78. The molecule has 0 amide bonds. The lowest BCUT2D eigenvalue weighted by Gasteiger charge is -2.30. The van der Waals surface area contributed by atoms with Crippen LogP contribution in [0.15, 0.2) is 41.5 Å². The van der Waals surface area contributed by atoms with Crippen LogP contribution < -0.4 is 5.73 Å².